The molecule has 3 rings (SSSR count). The summed E-state index contributed by atoms with van der Waals surface area (Å²) >= 11 is 0. The molecule has 3 N–H and O–H groups in total. The lowest BCUT2D eigenvalue weighted by Gasteiger charge is -2.29. The number of aliphatic hydroxyl groups excluding tert-OH is 2. The van der Waals surface area contributed by atoms with Gasteiger partial charge in [-0.15, -0.1) is 12.4 Å². The maximum absolute atomic E-state index is 12.5. The summed E-state index contributed by atoms with van der Waals surface area (Å²) in [5, 5.41) is 23.1. The molecule has 8 heteroatoms. The van der Waals surface area contributed by atoms with E-state index in [4.69, 9.17) is 9.47 Å². The average Bonchev–Trinajstić information content (AvgIpc) is 2.99. The Labute approximate surface area is 176 Å². The fraction of sp³-hybridized carbons (Fsp3) is 0.429. The van der Waals surface area contributed by atoms with Gasteiger partial charge in [0, 0.05) is 29.3 Å². The highest BCUT2D eigenvalue weighted by atomic mass is 35.5. The number of nitrogens with one attached hydrogen (secondary N) is 1. The number of ether oxygens (including phenoxy) is 2. The number of benzene rings is 1. The first kappa shape index (κ1) is 22.9. The molecule has 1 amide bonds. The second-order valence-corrected chi connectivity index (χ2v) is 7.36. The Morgan fingerprint density at radius 2 is 1.90 bits per heavy atom. The molecule has 1 aromatic carbocycles. The number of hydrogen-bond acceptors (Lipinski definition) is 6. The fourth-order valence-electron chi connectivity index (χ4n) is 3.52. The van der Waals surface area contributed by atoms with Gasteiger partial charge in [0.25, 0.3) is 5.91 Å². The molecule has 0 radical (unpaired) electrons. The summed E-state index contributed by atoms with van der Waals surface area (Å²) in [6.45, 7) is 2.37. The fourth-order valence-corrected chi connectivity index (χ4v) is 3.52. The molecular weight excluding hydrogens is 396 g/mol. The molecule has 1 fully saturated rings. The van der Waals surface area contributed by atoms with Crippen molar-refractivity contribution >= 4 is 18.3 Å². The SMILES string of the molecule is COc1cccc(C(=O)NCC2(COc3cccc(C)n3)C[C@@H](O)[C@@H](O)C2)c1.Cl. The van der Waals surface area contributed by atoms with Crippen molar-refractivity contribution in [2.75, 3.05) is 20.3 Å². The maximum atomic E-state index is 12.5. The van der Waals surface area contributed by atoms with Crippen LogP contribution in [0.1, 0.15) is 28.9 Å². The third-order valence-corrected chi connectivity index (χ3v) is 5.07. The number of hydrogen-bond donors (Lipinski definition) is 3. The van der Waals surface area contributed by atoms with E-state index in [1.807, 2.05) is 19.1 Å². The molecular formula is C21H27ClN2O5. The number of carbonyl (C=O) groups is 1. The predicted molar refractivity (Wildman–Crippen MR) is 111 cm³/mol. The Kier molecular flexibility index (Phi) is 7.84. The lowest BCUT2D eigenvalue weighted by atomic mass is 9.86. The summed E-state index contributed by atoms with van der Waals surface area (Å²) in [5.74, 6) is 0.833. The van der Waals surface area contributed by atoms with E-state index in [0.717, 1.165) is 5.69 Å². The smallest absolute Gasteiger partial charge is 0.251 e. The van der Waals surface area contributed by atoms with Crippen molar-refractivity contribution < 1.29 is 24.5 Å². The number of methoxy groups -OCH3 is 1. The van der Waals surface area contributed by atoms with Crippen molar-refractivity contribution in [1.82, 2.24) is 10.3 Å². The largest absolute Gasteiger partial charge is 0.497 e. The zero-order valence-corrected chi connectivity index (χ0v) is 17.3. The molecule has 0 bridgehead atoms. The molecule has 1 unspecified atom stereocenters. The van der Waals surface area contributed by atoms with Crippen molar-refractivity contribution in [3.8, 4) is 11.6 Å². The van der Waals surface area contributed by atoms with Gasteiger partial charge in [-0.3, -0.25) is 4.79 Å². The highest BCUT2D eigenvalue weighted by Crippen LogP contribution is 2.38. The van der Waals surface area contributed by atoms with Crippen LogP contribution in [0, 0.1) is 12.3 Å². The lowest BCUT2D eigenvalue weighted by Crippen LogP contribution is -2.40. The number of rotatable bonds is 7. The summed E-state index contributed by atoms with van der Waals surface area (Å²) in [4.78, 5) is 16.9. The van der Waals surface area contributed by atoms with E-state index >= 15 is 0 Å². The van der Waals surface area contributed by atoms with Crippen molar-refractivity contribution in [2.45, 2.75) is 32.0 Å². The Morgan fingerprint density at radius 1 is 1.21 bits per heavy atom. The molecule has 0 aliphatic heterocycles. The molecule has 1 aromatic heterocycles. The number of aliphatic hydroxyl groups is 2. The summed E-state index contributed by atoms with van der Waals surface area (Å²) in [5.41, 5.74) is 0.734. The number of aryl methyl sites for hydroxylation is 1. The van der Waals surface area contributed by atoms with Crippen LogP contribution >= 0.6 is 12.4 Å². The van der Waals surface area contributed by atoms with Gasteiger partial charge in [-0.2, -0.15) is 0 Å². The van der Waals surface area contributed by atoms with E-state index < -0.39 is 17.6 Å². The normalized spacial score (nSPS) is 23.2. The van der Waals surface area contributed by atoms with Crippen LogP contribution in [-0.2, 0) is 0 Å². The third-order valence-electron chi connectivity index (χ3n) is 5.07. The minimum absolute atomic E-state index is 0. The van der Waals surface area contributed by atoms with E-state index in [9.17, 15) is 15.0 Å². The zero-order valence-electron chi connectivity index (χ0n) is 16.5. The lowest BCUT2D eigenvalue weighted by molar-refractivity contribution is 0.0438. The molecule has 3 atom stereocenters. The minimum Gasteiger partial charge on any atom is -0.497 e. The van der Waals surface area contributed by atoms with Crippen molar-refractivity contribution in [2.24, 2.45) is 5.41 Å². The number of aromatic nitrogens is 1. The molecule has 1 aliphatic carbocycles. The Hall–Kier alpha value is -2.35. The van der Waals surface area contributed by atoms with E-state index in [0.29, 0.717) is 30.0 Å². The first-order chi connectivity index (χ1) is 13.4. The van der Waals surface area contributed by atoms with Crippen molar-refractivity contribution in [3.05, 3.63) is 53.7 Å². The van der Waals surface area contributed by atoms with Crippen LogP contribution in [0.25, 0.3) is 0 Å². The number of amides is 1. The Bertz CT molecular complexity index is 822. The van der Waals surface area contributed by atoms with Gasteiger partial charge < -0.3 is 25.0 Å². The van der Waals surface area contributed by atoms with Crippen LogP contribution in [-0.4, -0.2) is 53.6 Å². The standard InChI is InChI=1S/C21H26N2O5.ClH/c1-14-5-3-8-19(23-14)28-13-21(10-17(24)18(25)11-21)12-22-20(26)15-6-4-7-16(9-15)27-2;/h3-9,17-18,24-25H,10-13H2,1-2H3,(H,22,26);1H/t17-,18+,21?;. The van der Waals surface area contributed by atoms with Crippen LogP contribution < -0.4 is 14.8 Å². The molecule has 1 saturated carbocycles. The Morgan fingerprint density at radius 3 is 2.55 bits per heavy atom. The van der Waals surface area contributed by atoms with Gasteiger partial charge >= 0.3 is 0 Å². The van der Waals surface area contributed by atoms with Crippen LogP contribution in [0.15, 0.2) is 42.5 Å². The van der Waals surface area contributed by atoms with Gasteiger partial charge in [-0.05, 0) is 44.0 Å². The van der Waals surface area contributed by atoms with Gasteiger partial charge in [0.05, 0.1) is 25.9 Å². The molecule has 1 aliphatic rings. The zero-order chi connectivity index (χ0) is 20.1. The van der Waals surface area contributed by atoms with Crippen molar-refractivity contribution in [3.63, 3.8) is 0 Å². The van der Waals surface area contributed by atoms with Crippen LogP contribution in [0.4, 0.5) is 0 Å². The first-order valence-corrected chi connectivity index (χ1v) is 9.26. The van der Waals surface area contributed by atoms with Gasteiger partial charge in [0.1, 0.15) is 5.75 Å². The Balaban J connectivity index is 0.00000300. The molecule has 158 valence electrons. The highest BCUT2D eigenvalue weighted by molar-refractivity contribution is 5.94. The van der Waals surface area contributed by atoms with Crippen LogP contribution in [0.5, 0.6) is 11.6 Å². The van der Waals surface area contributed by atoms with E-state index in [1.54, 1.807) is 37.4 Å². The number of halogens is 1. The van der Waals surface area contributed by atoms with Crippen LogP contribution in [0.3, 0.4) is 0 Å². The number of carbonyl (C=O) groups excluding carboxylic acids is 1. The monoisotopic (exact) mass is 422 g/mol. The summed E-state index contributed by atoms with van der Waals surface area (Å²) < 4.78 is 11.0. The van der Waals surface area contributed by atoms with Gasteiger partial charge in [0.15, 0.2) is 0 Å². The topological polar surface area (TPSA) is 101 Å². The van der Waals surface area contributed by atoms with Gasteiger partial charge in [-0.1, -0.05) is 12.1 Å². The molecule has 0 saturated heterocycles. The molecule has 0 spiro atoms. The molecule has 7 nitrogen and oxygen atoms in total. The van der Waals surface area contributed by atoms with Crippen molar-refractivity contribution in [1.29, 1.82) is 0 Å². The average molecular weight is 423 g/mol. The maximum Gasteiger partial charge on any atom is 0.251 e. The second-order valence-electron chi connectivity index (χ2n) is 7.36. The molecule has 1 heterocycles. The summed E-state index contributed by atoms with van der Waals surface area (Å²) in [6.07, 6.45) is -1.03. The number of nitrogens with zero attached hydrogens (tertiary/aromatic N) is 1. The predicted octanol–water partition coefficient (Wildman–Crippen LogP) is 2.13. The summed E-state index contributed by atoms with van der Waals surface area (Å²) in [6, 6.07) is 12.4. The molecule has 2 aromatic rings. The highest BCUT2D eigenvalue weighted by Gasteiger charge is 2.45. The second kappa shape index (κ2) is 9.91. The third kappa shape index (κ3) is 5.82. The minimum atomic E-state index is -0.845. The van der Waals surface area contributed by atoms with E-state index in [2.05, 4.69) is 10.3 Å². The first-order valence-electron chi connectivity index (χ1n) is 9.26. The van der Waals surface area contributed by atoms with E-state index in [-0.39, 0.29) is 31.5 Å². The van der Waals surface area contributed by atoms with Gasteiger partial charge in [-0.25, -0.2) is 4.98 Å². The summed E-state index contributed by atoms with van der Waals surface area (Å²) in [7, 11) is 1.55. The quantitative estimate of drug-likeness (QED) is 0.632. The number of pyridine rings is 1. The van der Waals surface area contributed by atoms with Gasteiger partial charge in [0.2, 0.25) is 5.88 Å². The molecule has 29 heavy (non-hydrogen) atoms. The van der Waals surface area contributed by atoms with Crippen LogP contribution in [0.2, 0.25) is 0 Å². The van der Waals surface area contributed by atoms with E-state index in [1.165, 1.54) is 0 Å².